The molecule has 0 bridgehead atoms. The van der Waals surface area contributed by atoms with Crippen molar-refractivity contribution in [2.45, 2.75) is 63.7 Å². The number of aliphatic imine (C=N–C) groups is 1. The number of anilines is 1. The van der Waals surface area contributed by atoms with Gasteiger partial charge in [-0.3, -0.25) is 14.8 Å². The molecule has 3 aromatic rings. The number of hydrogen-bond acceptors (Lipinski definition) is 5. The van der Waals surface area contributed by atoms with Gasteiger partial charge >= 0.3 is 0 Å². The first-order valence-corrected chi connectivity index (χ1v) is 11.7. The summed E-state index contributed by atoms with van der Waals surface area (Å²) in [6, 6.07) is 11.6. The lowest BCUT2D eigenvalue weighted by Crippen LogP contribution is -2.28. The number of carbonyl (C=O) groups excluding carboxylic acids is 1. The summed E-state index contributed by atoms with van der Waals surface area (Å²) >= 11 is 0. The van der Waals surface area contributed by atoms with Crippen LogP contribution in [-0.2, 0) is 6.42 Å². The van der Waals surface area contributed by atoms with Gasteiger partial charge in [-0.1, -0.05) is 44.0 Å². The Morgan fingerprint density at radius 2 is 1.97 bits per heavy atom. The van der Waals surface area contributed by atoms with Crippen molar-refractivity contribution in [3.8, 4) is 0 Å². The quantitative estimate of drug-likeness (QED) is 0.262. The van der Waals surface area contributed by atoms with Gasteiger partial charge in [0.05, 0.1) is 30.3 Å². The van der Waals surface area contributed by atoms with Crippen LogP contribution in [0.1, 0.15) is 72.2 Å². The number of carbonyl (C=O) groups is 1. The Morgan fingerprint density at radius 3 is 2.70 bits per heavy atom. The number of aliphatic hydroxyl groups excluding tert-OH is 2. The molecular formula is C27H31N3O3. The van der Waals surface area contributed by atoms with Crippen molar-refractivity contribution in [3.05, 3.63) is 71.0 Å². The zero-order valence-corrected chi connectivity index (χ0v) is 18.9. The zero-order chi connectivity index (χ0) is 23.2. The van der Waals surface area contributed by atoms with Crippen LogP contribution in [0.4, 0.5) is 5.69 Å². The van der Waals surface area contributed by atoms with E-state index in [0.29, 0.717) is 24.1 Å². The molecule has 2 aromatic carbocycles. The molecule has 0 spiro atoms. The highest BCUT2D eigenvalue weighted by atomic mass is 16.3. The van der Waals surface area contributed by atoms with E-state index >= 15 is 0 Å². The molecule has 3 N–H and O–H groups in total. The summed E-state index contributed by atoms with van der Waals surface area (Å²) < 4.78 is 0. The summed E-state index contributed by atoms with van der Waals surface area (Å²) in [5.41, 5.74) is 4.26. The monoisotopic (exact) mass is 445 g/mol. The van der Waals surface area contributed by atoms with Crippen LogP contribution in [0.25, 0.3) is 10.8 Å². The first-order valence-electron chi connectivity index (χ1n) is 11.7. The number of nitrogens with one attached hydrogen (secondary N) is 1. The molecule has 6 nitrogen and oxygen atoms in total. The number of aromatic nitrogens is 1. The normalized spacial score (nSPS) is 19.6. The molecule has 1 heterocycles. The fraction of sp³-hybridized carbons (Fsp3) is 0.370. The van der Waals surface area contributed by atoms with E-state index in [4.69, 9.17) is 0 Å². The first kappa shape index (κ1) is 23.1. The minimum atomic E-state index is -0.451. The molecule has 33 heavy (non-hydrogen) atoms. The highest BCUT2D eigenvalue weighted by Gasteiger charge is 2.21. The van der Waals surface area contributed by atoms with Crippen molar-refractivity contribution in [3.63, 3.8) is 0 Å². The molecule has 0 aliphatic heterocycles. The van der Waals surface area contributed by atoms with Crippen molar-refractivity contribution >= 4 is 29.1 Å². The maximum Gasteiger partial charge on any atom is 0.152 e. The number of nitrogens with zero attached hydrogens (tertiary/aromatic N) is 2. The fourth-order valence-corrected chi connectivity index (χ4v) is 4.54. The van der Waals surface area contributed by atoms with E-state index in [9.17, 15) is 15.0 Å². The molecule has 0 radical (unpaired) electrons. The van der Waals surface area contributed by atoms with E-state index in [1.54, 1.807) is 12.5 Å². The zero-order valence-electron chi connectivity index (χ0n) is 18.9. The van der Waals surface area contributed by atoms with Crippen molar-refractivity contribution in [2.24, 2.45) is 4.99 Å². The van der Waals surface area contributed by atoms with Crippen LogP contribution in [0.2, 0.25) is 0 Å². The lowest BCUT2D eigenvalue weighted by atomic mass is 9.93. The molecule has 172 valence electrons. The molecule has 3 atom stereocenters. The minimum Gasteiger partial charge on any atom is -0.391 e. The van der Waals surface area contributed by atoms with Gasteiger partial charge in [0, 0.05) is 28.7 Å². The Morgan fingerprint density at radius 1 is 1.18 bits per heavy atom. The summed E-state index contributed by atoms with van der Waals surface area (Å²) in [6.45, 7) is 1.95. The van der Waals surface area contributed by atoms with Gasteiger partial charge in [-0.25, -0.2) is 0 Å². The third kappa shape index (κ3) is 5.29. The number of aliphatic hydroxyl groups is 2. The third-order valence-corrected chi connectivity index (χ3v) is 6.50. The molecule has 0 amide bonds. The molecule has 1 aromatic heterocycles. The minimum absolute atomic E-state index is 0.104. The predicted octanol–water partition coefficient (Wildman–Crippen LogP) is 4.83. The topological polar surface area (TPSA) is 94.8 Å². The van der Waals surface area contributed by atoms with E-state index in [1.807, 2.05) is 49.5 Å². The van der Waals surface area contributed by atoms with Crippen LogP contribution in [0.3, 0.4) is 0 Å². The third-order valence-electron chi connectivity index (χ3n) is 6.50. The van der Waals surface area contributed by atoms with Crippen LogP contribution in [0.5, 0.6) is 0 Å². The summed E-state index contributed by atoms with van der Waals surface area (Å²) in [5, 5.41) is 25.3. The lowest BCUT2D eigenvalue weighted by molar-refractivity contribution is 0.109. The van der Waals surface area contributed by atoms with Crippen molar-refractivity contribution in [1.29, 1.82) is 0 Å². The molecule has 0 saturated heterocycles. The van der Waals surface area contributed by atoms with Gasteiger partial charge in [0.2, 0.25) is 0 Å². The highest BCUT2D eigenvalue weighted by molar-refractivity contribution is 6.06. The second-order valence-corrected chi connectivity index (χ2v) is 8.72. The molecule has 3 unspecified atom stereocenters. The van der Waals surface area contributed by atoms with E-state index < -0.39 is 12.2 Å². The van der Waals surface area contributed by atoms with Crippen LogP contribution in [0, 0.1) is 0 Å². The van der Waals surface area contributed by atoms with Gasteiger partial charge in [-0.2, -0.15) is 0 Å². The number of fused-ring (bicyclic) bond motifs is 1. The fourth-order valence-electron chi connectivity index (χ4n) is 4.54. The van der Waals surface area contributed by atoms with E-state index in [0.717, 1.165) is 59.4 Å². The molecular weight excluding hydrogens is 414 g/mol. The van der Waals surface area contributed by atoms with Gasteiger partial charge in [-0.05, 0) is 54.5 Å². The summed E-state index contributed by atoms with van der Waals surface area (Å²) in [7, 11) is 0. The van der Waals surface area contributed by atoms with Crippen LogP contribution in [-0.4, -0.2) is 40.0 Å². The smallest absolute Gasteiger partial charge is 0.152 e. The molecule has 6 heteroatoms. The second kappa shape index (κ2) is 10.7. The summed E-state index contributed by atoms with van der Waals surface area (Å²) in [4.78, 5) is 20.8. The Kier molecular flexibility index (Phi) is 7.47. The second-order valence-electron chi connectivity index (χ2n) is 8.72. The van der Waals surface area contributed by atoms with Gasteiger partial charge in [0.25, 0.3) is 0 Å². The average Bonchev–Trinajstić information content (AvgIpc) is 2.86. The van der Waals surface area contributed by atoms with Gasteiger partial charge in [0.15, 0.2) is 6.29 Å². The van der Waals surface area contributed by atoms with Crippen LogP contribution < -0.4 is 5.32 Å². The van der Waals surface area contributed by atoms with Crippen molar-refractivity contribution in [1.82, 2.24) is 4.98 Å². The Balaban J connectivity index is 1.62. The summed E-state index contributed by atoms with van der Waals surface area (Å²) in [6.07, 6.45) is 10.2. The van der Waals surface area contributed by atoms with E-state index in [-0.39, 0.29) is 6.04 Å². The van der Waals surface area contributed by atoms with Crippen molar-refractivity contribution < 1.29 is 15.0 Å². The first-order chi connectivity index (χ1) is 16.1. The number of pyridine rings is 1. The molecule has 4 rings (SSSR count). The van der Waals surface area contributed by atoms with Crippen LogP contribution >= 0.6 is 0 Å². The number of benzene rings is 2. The molecule has 1 fully saturated rings. The van der Waals surface area contributed by atoms with E-state index in [2.05, 4.69) is 15.3 Å². The van der Waals surface area contributed by atoms with Crippen molar-refractivity contribution in [2.75, 3.05) is 5.32 Å². The van der Waals surface area contributed by atoms with Crippen LogP contribution in [0.15, 0.2) is 53.8 Å². The summed E-state index contributed by atoms with van der Waals surface area (Å²) in [5.74, 6) is 0. The predicted molar refractivity (Wildman–Crippen MR) is 132 cm³/mol. The molecule has 1 saturated carbocycles. The maximum atomic E-state index is 12.0. The average molecular weight is 446 g/mol. The molecule has 1 aliphatic carbocycles. The largest absolute Gasteiger partial charge is 0.391 e. The van der Waals surface area contributed by atoms with Gasteiger partial charge < -0.3 is 15.5 Å². The van der Waals surface area contributed by atoms with Gasteiger partial charge in [-0.15, -0.1) is 0 Å². The standard InChI is InChI=1S/C27H31N3O3/c1-2-25(32)19-9-7-18(8-10-19)13-20-14-21(16-31)27(22-11-12-28-15-23(20)22)30-17-29-24-5-3-4-6-26(24)33/h7-12,14-17,24-26,32-33H,2-6,13H2,1H3,(H,29,30). The molecule has 1 aliphatic rings. The number of rotatable bonds is 8. The number of aldehydes is 1. The SMILES string of the molecule is CCC(O)c1ccc(Cc2cc(C=O)c(NC=NC3CCCCC3O)c3ccncc23)cc1. The van der Waals surface area contributed by atoms with Gasteiger partial charge in [0.1, 0.15) is 0 Å². The lowest BCUT2D eigenvalue weighted by Gasteiger charge is -2.24. The Labute approximate surface area is 194 Å². The highest BCUT2D eigenvalue weighted by Crippen LogP contribution is 2.31. The Hall–Kier alpha value is -3.09. The van der Waals surface area contributed by atoms with E-state index in [1.165, 1.54) is 0 Å². The maximum absolute atomic E-state index is 12.0. The Bertz CT molecular complexity index is 1130. The number of hydrogen-bond donors (Lipinski definition) is 3.